The standard InChI is InChI=1S/C29H33N3O6S2/c1-8-12-32-26(34)29(40-27(32)39)20(17-13-22(35-5)24(37-7)23(14-17)36-6)16-30(3)28(29)19-15-18(38-9-2)10-11-21(19)31(4)25(28)33/h8,10-11,13-15,20H,1,9,12,16H2,2-7H3/t20-,28-,29-/m1/s1. The van der Waals surface area contributed by atoms with Crippen LogP contribution in [-0.2, 0) is 15.1 Å². The number of carbonyl (C=O) groups is 2. The summed E-state index contributed by atoms with van der Waals surface area (Å²) in [4.78, 5) is 34.6. The molecule has 0 unspecified atom stereocenters. The van der Waals surface area contributed by atoms with Crippen LogP contribution in [0.2, 0.25) is 0 Å². The molecule has 2 saturated heterocycles. The maximum Gasteiger partial charge on any atom is 0.254 e. The zero-order valence-electron chi connectivity index (χ0n) is 23.5. The number of benzene rings is 2. The van der Waals surface area contributed by atoms with Gasteiger partial charge in [0.1, 0.15) is 14.8 Å². The molecule has 2 fully saturated rings. The van der Waals surface area contributed by atoms with Crippen LogP contribution in [0.5, 0.6) is 23.0 Å². The van der Waals surface area contributed by atoms with Crippen LogP contribution < -0.4 is 23.8 Å². The molecule has 3 heterocycles. The molecule has 0 aromatic heterocycles. The lowest BCUT2D eigenvalue weighted by Crippen LogP contribution is -2.62. The molecule has 2 amide bonds. The highest BCUT2D eigenvalue weighted by Crippen LogP contribution is 2.67. The van der Waals surface area contributed by atoms with Crippen LogP contribution in [0, 0.1) is 0 Å². The van der Waals surface area contributed by atoms with E-state index >= 15 is 0 Å². The van der Waals surface area contributed by atoms with E-state index in [2.05, 4.69) is 6.58 Å². The minimum absolute atomic E-state index is 0.197. The van der Waals surface area contributed by atoms with Crippen molar-refractivity contribution in [3.05, 3.63) is 54.1 Å². The molecule has 0 radical (unpaired) electrons. The molecule has 2 spiro atoms. The van der Waals surface area contributed by atoms with Crippen molar-refractivity contribution in [3.8, 4) is 23.0 Å². The Morgan fingerprint density at radius 3 is 2.33 bits per heavy atom. The number of anilines is 1. The van der Waals surface area contributed by atoms with Gasteiger partial charge in [0.05, 0.1) is 27.9 Å². The normalized spacial score (nSPS) is 25.8. The van der Waals surface area contributed by atoms with Crippen molar-refractivity contribution in [2.24, 2.45) is 0 Å². The minimum atomic E-state index is -1.36. The minimum Gasteiger partial charge on any atom is -0.494 e. The highest BCUT2D eigenvalue weighted by molar-refractivity contribution is 8.25. The van der Waals surface area contributed by atoms with Gasteiger partial charge in [0.15, 0.2) is 17.0 Å². The zero-order valence-corrected chi connectivity index (χ0v) is 25.1. The van der Waals surface area contributed by atoms with Crippen LogP contribution in [0.15, 0.2) is 43.0 Å². The van der Waals surface area contributed by atoms with E-state index in [0.29, 0.717) is 46.0 Å². The van der Waals surface area contributed by atoms with E-state index in [1.54, 1.807) is 44.3 Å². The van der Waals surface area contributed by atoms with Gasteiger partial charge in [-0.3, -0.25) is 19.4 Å². The van der Waals surface area contributed by atoms with Gasteiger partial charge in [0, 0.05) is 37.3 Å². The first kappa shape index (κ1) is 28.3. The number of likely N-dealkylation sites (tertiary alicyclic amines) is 1. The molecule has 9 nitrogen and oxygen atoms in total. The summed E-state index contributed by atoms with van der Waals surface area (Å²) in [6, 6.07) is 9.33. The van der Waals surface area contributed by atoms with Crippen LogP contribution in [-0.4, -0.2) is 85.8 Å². The average Bonchev–Trinajstić information content (AvgIpc) is 3.45. The number of hydrogen-bond donors (Lipinski definition) is 0. The molecule has 40 heavy (non-hydrogen) atoms. The first-order valence-electron chi connectivity index (χ1n) is 12.9. The third-order valence-corrected chi connectivity index (χ3v) is 10.1. The number of amides is 2. The van der Waals surface area contributed by atoms with Crippen molar-refractivity contribution in [1.29, 1.82) is 0 Å². The predicted octanol–water partition coefficient (Wildman–Crippen LogP) is 3.80. The summed E-state index contributed by atoms with van der Waals surface area (Å²) in [6.45, 7) is 6.84. The quantitative estimate of drug-likeness (QED) is 0.341. The SMILES string of the molecule is C=CCN1C(=O)[C@]2(SC1=S)[C@@H](c1cc(OC)c(OC)c(OC)c1)CN(C)[C@]21C(=O)N(C)c2ccc(OCC)cc21. The summed E-state index contributed by atoms with van der Waals surface area (Å²) in [5.41, 5.74) is 0.850. The topological polar surface area (TPSA) is 80.8 Å². The Bertz CT molecular complexity index is 1390. The lowest BCUT2D eigenvalue weighted by Gasteiger charge is -2.42. The van der Waals surface area contributed by atoms with Crippen LogP contribution in [0.4, 0.5) is 5.69 Å². The second kappa shape index (κ2) is 10.3. The average molecular weight is 584 g/mol. The lowest BCUT2D eigenvalue weighted by molar-refractivity contribution is -0.138. The molecule has 11 heteroatoms. The first-order valence-corrected chi connectivity index (χ1v) is 14.1. The molecule has 2 aromatic rings. The second-order valence-corrected chi connectivity index (χ2v) is 11.8. The number of thioether (sulfide) groups is 1. The summed E-state index contributed by atoms with van der Waals surface area (Å²) in [5, 5.41) is 0. The van der Waals surface area contributed by atoms with Crippen molar-refractivity contribution in [3.63, 3.8) is 0 Å². The smallest absolute Gasteiger partial charge is 0.254 e. The third-order valence-electron chi connectivity index (χ3n) is 8.13. The van der Waals surface area contributed by atoms with Crippen LogP contribution in [0.1, 0.15) is 24.0 Å². The number of rotatable bonds is 8. The van der Waals surface area contributed by atoms with Gasteiger partial charge < -0.3 is 23.8 Å². The monoisotopic (exact) mass is 583 g/mol. The van der Waals surface area contributed by atoms with Crippen molar-refractivity contribution in [1.82, 2.24) is 9.80 Å². The van der Waals surface area contributed by atoms with Crippen molar-refractivity contribution in [2.45, 2.75) is 23.1 Å². The molecule has 212 valence electrons. The number of thiocarbonyl (C=S) groups is 1. The Morgan fingerprint density at radius 1 is 1.07 bits per heavy atom. The Kier molecular flexibility index (Phi) is 7.26. The number of likely N-dealkylation sites (N-methyl/N-ethyl adjacent to an activating group) is 2. The van der Waals surface area contributed by atoms with Gasteiger partial charge in [0.2, 0.25) is 11.7 Å². The molecule has 0 bridgehead atoms. The largest absolute Gasteiger partial charge is 0.494 e. The van der Waals surface area contributed by atoms with E-state index < -0.39 is 16.2 Å². The third kappa shape index (κ3) is 3.53. The summed E-state index contributed by atoms with van der Waals surface area (Å²) in [5.74, 6) is 1.09. The van der Waals surface area contributed by atoms with Gasteiger partial charge in [-0.1, -0.05) is 30.1 Å². The van der Waals surface area contributed by atoms with Gasteiger partial charge in [-0.2, -0.15) is 0 Å². The van der Waals surface area contributed by atoms with E-state index in [4.69, 9.17) is 31.2 Å². The van der Waals surface area contributed by atoms with Gasteiger partial charge in [0.25, 0.3) is 5.91 Å². The summed E-state index contributed by atoms with van der Waals surface area (Å²) in [6.07, 6.45) is 1.65. The summed E-state index contributed by atoms with van der Waals surface area (Å²) in [7, 11) is 8.28. The van der Waals surface area contributed by atoms with E-state index in [1.807, 2.05) is 49.2 Å². The van der Waals surface area contributed by atoms with Crippen molar-refractivity contribution in [2.75, 3.05) is 60.0 Å². The number of carbonyl (C=O) groups excluding carboxylic acids is 2. The van der Waals surface area contributed by atoms with E-state index in [0.717, 1.165) is 11.3 Å². The fourth-order valence-corrected chi connectivity index (χ4v) is 8.67. The molecule has 5 rings (SSSR count). The van der Waals surface area contributed by atoms with E-state index in [-0.39, 0.29) is 18.4 Å². The number of fused-ring (bicyclic) bond motifs is 3. The maximum atomic E-state index is 14.8. The number of nitrogens with zero attached hydrogens (tertiary/aromatic N) is 3. The predicted molar refractivity (Wildman–Crippen MR) is 159 cm³/mol. The molecule has 0 aliphatic carbocycles. The van der Waals surface area contributed by atoms with Gasteiger partial charge >= 0.3 is 0 Å². The number of ether oxygens (including phenoxy) is 4. The van der Waals surface area contributed by atoms with E-state index in [9.17, 15) is 9.59 Å². The van der Waals surface area contributed by atoms with Crippen LogP contribution >= 0.6 is 24.0 Å². The Morgan fingerprint density at radius 2 is 1.75 bits per heavy atom. The highest BCUT2D eigenvalue weighted by atomic mass is 32.2. The van der Waals surface area contributed by atoms with E-state index in [1.165, 1.54) is 11.8 Å². The molecule has 3 aliphatic rings. The molecular formula is C29H33N3O6S2. The molecule has 3 atom stereocenters. The highest BCUT2D eigenvalue weighted by Gasteiger charge is 2.78. The molecular weight excluding hydrogens is 550 g/mol. The maximum absolute atomic E-state index is 14.8. The molecule has 2 aromatic carbocycles. The van der Waals surface area contributed by atoms with Gasteiger partial charge in [-0.15, -0.1) is 6.58 Å². The second-order valence-electron chi connectivity index (χ2n) is 9.89. The van der Waals surface area contributed by atoms with Crippen molar-refractivity contribution >= 4 is 45.8 Å². The lowest BCUT2D eigenvalue weighted by atomic mass is 9.72. The Labute approximate surface area is 244 Å². The summed E-state index contributed by atoms with van der Waals surface area (Å²) < 4.78 is 21.8. The van der Waals surface area contributed by atoms with Gasteiger partial charge in [-0.25, -0.2) is 0 Å². The van der Waals surface area contributed by atoms with Gasteiger partial charge in [-0.05, 0) is 49.9 Å². The Hall–Kier alpha value is -3.28. The fraction of sp³-hybridized carbons (Fsp3) is 0.414. The van der Waals surface area contributed by atoms with Crippen LogP contribution in [0.25, 0.3) is 0 Å². The fourth-order valence-electron chi connectivity index (χ4n) is 6.52. The summed E-state index contributed by atoms with van der Waals surface area (Å²) >= 11 is 7.08. The number of hydrogen-bond acceptors (Lipinski definition) is 9. The molecule has 3 aliphatic heterocycles. The van der Waals surface area contributed by atoms with Crippen LogP contribution in [0.3, 0.4) is 0 Å². The zero-order chi connectivity index (χ0) is 29.0. The molecule has 0 N–H and O–H groups in total. The first-order chi connectivity index (χ1) is 19.2. The Balaban J connectivity index is 1.84. The number of methoxy groups -OCH3 is 3. The van der Waals surface area contributed by atoms with Crippen molar-refractivity contribution < 1.29 is 28.5 Å². The molecule has 0 saturated carbocycles.